The molecule has 2 heterocycles. The van der Waals surface area contributed by atoms with Gasteiger partial charge in [-0.3, -0.25) is 4.79 Å². The predicted octanol–water partition coefficient (Wildman–Crippen LogP) is 2.30. The third kappa shape index (κ3) is 3.16. The van der Waals surface area contributed by atoms with Crippen LogP contribution in [-0.4, -0.2) is 30.7 Å². The number of amides is 1. The Labute approximate surface area is 121 Å². The molecule has 1 aromatic carbocycles. The number of rotatable bonds is 4. The van der Waals surface area contributed by atoms with Crippen LogP contribution in [0.15, 0.2) is 28.7 Å². The van der Waals surface area contributed by atoms with Crippen LogP contribution in [0, 0.1) is 0 Å². The first-order valence-electron chi connectivity index (χ1n) is 6.65. The van der Waals surface area contributed by atoms with Crippen molar-refractivity contribution in [2.24, 2.45) is 0 Å². The molecule has 2 aliphatic heterocycles. The molecule has 1 amide bonds. The van der Waals surface area contributed by atoms with E-state index in [9.17, 15) is 4.79 Å². The van der Waals surface area contributed by atoms with E-state index in [4.69, 9.17) is 4.74 Å². The van der Waals surface area contributed by atoms with Gasteiger partial charge in [0.1, 0.15) is 0 Å². The van der Waals surface area contributed by atoms with Crippen LogP contribution < -0.4 is 10.6 Å². The van der Waals surface area contributed by atoms with Gasteiger partial charge < -0.3 is 15.4 Å². The summed E-state index contributed by atoms with van der Waals surface area (Å²) in [5, 5.41) is 6.18. The molecule has 102 valence electrons. The minimum absolute atomic E-state index is 0.0131. The molecule has 4 nitrogen and oxygen atoms in total. The highest BCUT2D eigenvalue weighted by molar-refractivity contribution is 9.10. The molecule has 0 aromatic heterocycles. The topological polar surface area (TPSA) is 50.4 Å². The lowest BCUT2D eigenvalue weighted by atomic mass is 9.95. The SMILES string of the molecule is O=C(CNC1CC2CCC1O2)Nc1cccc(Br)c1. The quantitative estimate of drug-likeness (QED) is 0.893. The first-order chi connectivity index (χ1) is 9.20. The van der Waals surface area contributed by atoms with Crippen LogP contribution in [0.3, 0.4) is 0 Å². The van der Waals surface area contributed by atoms with E-state index < -0.39 is 0 Å². The number of halogens is 1. The summed E-state index contributed by atoms with van der Waals surface area (Å²) in [5.41, 5.74) is 0.811. The number of ether oxygens (including phenoxy) is 1. The Morgan fingerprint density at radius 1 is 1.42 bits per heavy atom. The molecule has 3 atom stereocenters. The number of carbonyl (C=O) groups is 1. The lowest BCUT2D eigenvalue weighted by Gasteiger charge is -2.19. The maximum atomic E-state index is 11.9. The highest BCUT2D eigenvalue weighted by atomic mass is 79.9. The Morgan fingerprint density at radius 2 is 2.32 bits per heavy atom. The van der Waals surface area contributed by atoms with Gasteiger partial charge in [-0.05, 0) is 37.5 Å². The summed E-state index contributed by atoms with van der Waals surface area (Å²) in [6, 6.07) is 7.94. The molecule has 2 aliphatic rings. The zero-order valence-electron chi connectivity index (χ0n) is 10.6. The van der Waals surface area contributed by atoms with Crippen molar-refractivity contribution >= 4 is 27.5 Å². The van der Waals surface area contributed by atoms with Gasteiger partial charge >= 0.3 is 0 Å². The molecule has 19 heavy (non-hydrogen) atoms. The first kappa shape index (κ1) is 13.1. The molecular formula is C14H17BrN2O2. The summed E-state index contributed by atoms with van der Waals surface area (Å²) in [5.74, 6) is -0.0131. The Balaban J connectivity index is 1.47. The Morgan fingerprint density at radius 3 is 3.00 bits per heavy atom. The largest absolute Gasteiger partial charge is 0.373 e. The van der Waals surface area contributed by atoms with Crippen molar-refractivity contribution in [1.29, 1.82) is 0 Å². The number of carbonyl (C=O) groups excluding carboxylic acids is 1. The molecule has 5 heteroatoms. The summed E-state index contributed by atoms with van der Waals surface area (Å²) in [4.78, 5) is 11.9. The molecule has 0 spiro atoms. The van der Waals surface area contributed by atoms with E-state index in [1.165, 1.54) is 6.42 Å². The number of benzene rings is 1. The molecule has 2 N–H and O–H groups in total. The minimum atomic E-state index is -0.0131. The van der Waals surface area contributed by atoms with Gasteiger partial charge in [0.15, 0.2) is 0 Å². The zero-order chi connectivity index (χ0) is 13.2. The molecule has 2 bridgehead atoms. The van der Waals surface area contributed by atoms with Gasteiger partial charge in [0.2, 0.25) is 5.91 Å². The normalized spacial score (nSPS) is 28.6. The Kier molecular flexibility index (Phi) is 3.86. The highest BCUT2D eigenvalue weighted by Crippen LogP contribution is 2.34. The Bertz CT molecular complexity index is 480. The standard InChI is InChI=1S/C14H17BrN2O2/c15-9-2-1-3-10(6-9)17-14(18)8-16-12-7-11-4-5-13(12)19-11/h1-3,6,11-13,16H,4-5,7-8H2,(H,17,18). The van der Waals surface area contributed by atoms with E-state index >= 15 is 0 Å². The van der Waals surface area contributed by atoms with E-state index in [1.807, 2.05) is 24.3 Å². The van der Waals surface area contributed by atoms with Crippen molar-refractivity contribution in [3.05, 3.63) is 28.7 Å². The summed E-state index contributed by atoms with van der Waals surface area (Å²) in [6.07, 6.45) is 4.05. The summed E-state index contributed by atoms with van der Waals surface area (Å²) >= 11 is 3.38. The molecule has 3 rings (SSSR count). The maximum Gasteiger partial charge on any atom is 0.238 e. The fourth-order valence-corrected chi connectivity index (χ4v) is 3.25. The maximum absolute atomic E-state index is 11.9. The van der Waals surface area contributed by atoms with Crippen LogP contribution in [0.5, 0.6) is 0 Å². The number of nitrogens with one attached hydrogen (secondary N) is 2. The van der Waals surface area contributed by atoms with Crippen molar-refractivity contribution in [2.45, 2.75) is 37.5 Å². The molecule has 2 fully saturated rings. The lowest BCUT2D eigenvalue weighted by molar-refractivity contribution is -0.115. The smallest absolute Gasteiger partial charge is 0.238 e. The second kappa shape index (κ2) is 5.61. The Hall–Kier alpha value is -0.910. The summed E-state index contributed by atoms with van der Waals surface area (Å²) < 4.78 is 6.71. The molecule has 2 saturated heterocycles. The molecular weight excluding hydrogens is 308 g/mol. The highest BCUT2D eigenvalue weighted by Gasteiger charge is 2.40. The monoisotopic (exact) mass is 324 g/mol. The van der Waals surface area contributed by atoms with Crippen LogP contribution in [0.4, 0.5) is 5.69 Å². The van der Waals surface area contributed by atoms with Crippen LogP contribution in [-0.2, 0) is 9.53 Å². The number of anilines is 1. The van der Waals surface area contributed by atoms with E-state index in [0.29, 0.717) is 24.8 Å². The van der Waals surface area contributed by atoms with E-state index in [2.05, 4.69) is 26.6 Å². The van der Waals surface area contributed by atoms with Gasteiger partial charge in [-0.15, -0.1) is 0 Å². The zero-order valence-corrected chi connectivity index (χ0v) is 12.2. The third-order valence-corrected chi connectivity index (χ3v) is 4.23. The van der Waals surface area contributed by atoms with Gasteiger partial charge in [-0.1, -0.05) is 22.0 Å². The number of hydrogen-bond acceptors (Lipinski definition) is 3. The minimum Gasteiger partial charge on any atom is -0.373 e. The molecule has 1 aromatic rings. The van der Waals surface area contributed by atoms with Crippen molar-refractivity contribution < 1.29 is 9.53 Å². The van der Waals surface area contributed by atoms with Gasteiger partial charge in [0.05, 0.1) is 18.8 Å². The molecule has 0 radical (unpaired) electrons. The summed E-state index contributed by atoms with van der Waals surface area (Å²) in [6.45, 7) is 0.337. The predicted molar refractivity (Wildman–Crippen MR) is 77.1 cm³/mol. The van der Waals surface area contributed by atoms with Crippen molar-refractivity contribution in [3.63, 3.8) is 0 Å². The molecule has 0 aliphatic carbocycles. The number of hydrogen-bond donors (Lipinski definition) is 2. The van der Waals surface area contributed by atoms with Crippen LogP contribution in [0.2, 0.25) is 0 Å². The van der Waals surface area contributed by atoms with Crippen molar-refractivity contribution in [3.8, 4) is 0 Å². The summed E-state index contributed by atoms with van der Waals surface area (Å²) in [7, 11) is 0. The second-order valence-electron chi connectivity index (χ2n) is 5.16. The van der Waals surface area contributed by atoms with Gasteiger partial charge in [0, 0.05) is 16.2 Å². The van der Waals surface area contributed by atoms with Gasteiger partial charge in [-0.25, -0.2) is 0 Å². The average molecular weight is 325 g/mol. The van der Waals surface area contributed by atoms with Crippen LogP contribution in [0.1, 0.15) is 19.3 Å². The molecule has 3 unspecified atom stereocenters. The first-order valence-corrected chi connectivity index (χ1v) is 7.44. The average Bonchev–Trinajstić information content (AvgIpc) is 2.98. The number of fused-ring (bicyclic) bond motifs is 2. The van der Waals surface area contributed by atoms with Gasteiger partial charge in [0.25, 0.3) is 0 Å². The van der Waals surface area contributed by atoms with Crippen molar-refractivity contribution in [1.82, 2.24) is 5.32 Å². The fourth-order valence-electron chi connectivity index (χ4n) is 2.85. The lowest BCUT2D eigenvalue weighted by Crippen LogP contribution is -2.41. The van der Waals surface area contributed by atoms with E-state index in [-0.39, 0.29) is 5.91 Å². The van der Waals surface area contributed by atoms with Crippen LogP contribution >= 0.6 is 15.9 Å². The molecule has 0 saturated carbocycles. The van der Waals surface area contributed by atoms with Crippen LogP contribution in [0.25, 0.3) is 0 Å². The third-order valence-electron chi connectivity index (χ3n) is 3.74. The van der Waals surface area contributed by atoms with E-state index in [0.717, 1.165) is 23.0 Å². The second-order valence-corrected chi connectivity index (χ2v) is 6.07. The fraction of sp³-hybridized carbons (Fsp3) is 0.500. The van der Waals surface area contributed by atoms with Crippen molar-refractivity contribution in [2.75, 3.05) is 11.9 Å². The van der Waals surface area contributed by atoms with E-state index in [1.54, 1.807) is 0 Å². The van der Waals surface area contributed by atoms with Gasteiger partial charge in [-0.2, -0.15) is 0 Å².